The fraction of sp³-hybridized carbons (Fsp3) is 0.538. The van der Waals surface area contributed by atoms with Crippen LogP contribution < -0.4 is 5.32 Å². The van der Waals surface area contributed by atoms with Crippen molar-refractivity contribution in [2.24, 2.45) is 0 Å². The number of rotatable bonds is 5. The predicted octanol–water partition coefficient (Wildman–Crippen LogP) is 1.61. The van der Waals surface area contributed by atoms with Crippen LogP contribution in [-0.4, -0.2) is 55.3 Å². The Kier molecular flexibility index (Phi) is 4.31. The van der Waals surface area contributed by atoms with E-state index in [0.717, 1.165) is 6.54 Å². The van der Waals surface area contributed by atoms with E-state index >= 15 is 0 Å². The molecule has 1 aliphatic heterocycles. The summed E-state index contributed by atoms with van der Waals surface area (Å²) in [7, 11) is 0. The van der Waals surface area contributed by atoms with Crippen molar-refractivity contribution in [3.8, 4) is 5.95 Å². The summed E-state index contributed by atoms with van der Waals surface area (Å²) in [6.45, 7) is 5.43. The van der Waals surface area contributed by atoms with Gasteiger partial charge in [-0.1, -0.05) is 0 Å². The van der Waals surface area contributed by atoms with Crippen LogP contribution in [0.25, 0.3) is 5.95 Å². The topological polar surface area (TPSA) is 71.8 Å². The number of halogens is 1. The Bertz CT molecular complexity index is 580. The number of aromatic nitrogens is 5. The number of anilines is 1. The summed E-state index contributed by atoms with van der Waals surface area (Å²) in [6, 6.07) is 2.05. The maximum Gasteiger partial charge on any atom is 0.256 e. The molecule has 1 aliphatic rings. The summed E-state index contributed by atoms with van der Waals surface area (Å²) < 4.78 is 1.56. The first kappa shape index (κ1) is 14.2. The van der Waals surface area contributed by atoms with Crippen molar-refractivity contribution in [1.29, 1.82) is 0 Å². The summed E-state index contributed by atoms with van der Waals surface area (Å²) in [4.78, 5) is 15.0. The second-order valence-electron chi connectivity index (χ2n) is 5.23. The van der Waals surface area contributed by atoms with Crippen LogP contribution >= 0.6 is 11.6 Å². The highest BCUT2D eigenvalue weighted by atomic mass is 35.5. The van der Waals surface area contributed by atoms with Crippen molar-refractivity contribution in [3.63, 3.8) is 0 Å². The molecular formula is C13H18ClN7. The quantitative estimate of drug-likeness (QED) is 0.905. The lowest BCUT2D eigenvalue weighted by Crippen LogP contribution is -2.33. The number of nitrogens with one attached hydrogen (secondary N) is 1. The molecule has 2 aromatic rings. The molecule has 1 fully saturated rings. The van der Waals surface area contributed by atoms with Gasteiger partial charge in [0.15, 0.2) is 0 Å². The average molecular weight is 308 g/mol. The first-order valence-corrected chi connectivity index (χ1v) is 7.49. The summed E-state index contributed by atoms with van der Waals surface area (Å²) in [5.74, 6) is 0.892. The van der Waals surface area contributed by atoms with E-state index in [1.807, 2.05) is 0 Å². The lowest BCUT2D eigenvalue weighted by molar-refractivity contribution is 0.327. The molecule has 0 spiro atoms. The lowest BCUT2D eigenvalue weighted by atomic mass is 10.3. The highest BCUT2D eigenvalue weighted by Gasteiger charge is 2.16. The fourth-order valence-corrected chi connectivity index (χ4v) is 2.67. The van der Waals surface area contributed by atoms with Crippen LogP contribution in [0.4, 0.5) is 5.95 Å². The molecule has 21 heavy (non-hydrogen) atoms. The first-order valence-electron chi connectivity index (χ1n) is 7.11. The van der Waals surface area contributed by atoms with Crippen LogP contribution in [-0.2, 0) is 0 Å². The number of hydrogen-bond acceptors (Lipinski definition) is 6. The van der Waals surface area contributed by atoms with Crippen LogP contribution in [0.1, 0.15) is 19.8 Å². The zero-order valence-electron chi connectivity index (χ0n) is 11.9. The minimum Gasteiger partial charge on any atom is -0.350 e. The maximum absolute atomic E-state index is 5.97. The Labute approximate surface area is 128 Å². The van der Waals surface area contributed by atoms with Gasteiger partial charge in [-0.25, -0.2) is 4.68 Å². The van der Waals surface area contributed by atoms with Crippen molar-refractivity contribution in [1.82, 2.24) is 29.6 Å². The van der Waals surface area contributed by atoms with Crippen molar-refractivity contribution in [2.45, 2.75) is 25.8 Å². The molecule has 1 unspecified atom stereocenters. The molecule has 0 aromatic carbocycles. The van der Waals surface area contributed by atoms with E-state index in [4.69, 9.17) is 11.6 Å². The Balaban J connectivity index is 1.69. The van der Waals surface area contributed by atoms with E-state index in [0.29, 0.717) is 11.9 Å². The molecule has 1 saturated heterocycles. The first-order chi connectivity index (χ1) is 10.2. The van der Waals surface area contributed by atoms with E-state index in [1.54, 1.807) is 23.1 Å². The largest absolute Gasteiger partial charge is 0.350 e. The highest BCUT2D eigenvalue weighted by Crippen LogP contribution is 2.12. The van der Waals surface area contributed by atoms with Crippen molar-refractivity contribution in [2.75, 3.05) is 25.0 Å². The van der Waals surface area contributed by atoms with Gasteiger partial charge in [0, 0.05) is 25.0 Å². The van der Waals surface area contributed by atoms with Crippen LogP contribution in [0.15, 0.2) is 18.5 Å². The predicted molar refractivity (Wildman–Crippen MR) is 80.7 cm³/mol. The molecule has 0 aliphatic carbocycles. The van der Waals surface area contributed by atoms with Crippen LogP contribution in [0.5, 0.6) is 0 Å². The van der Waals surface area contributed by atoms with E-state index in [9.17, 15) is 0 Å². The van der Waals surface area contributed by atoms with Crippen molar-refractivity contribution < 1.29 is 0 Å². The van der Waals surface area contributed by atoms with Gasteiger partial charge in [-0.3, -0.25) is 0 Å². The second-order valence-corrected chi connectivity index (χ2v) is 5.57. The van der Waals surface area contributed by atoms with Crippen LogP contribution in [0, 0.1) is 0 Å². The SMILES string of the molecule is CC(CN1CCCC1)Nc1nc(Cl)nc(-n2cccn2)n1. The number of nitrogens with zero attached hydrogens (tertiary/aromatic N) is 6. The molecule has 2 aromatic heterocycles. The van der Waals surface area contributed by atoms with Crippen molar-refractivity contribution >= 4 is 17.5 Å². The molecule has 0 saturated carbocycles. The molecule has 0 radical (unpaired) electrons. The van der Waals surface area contributed by atoms with Gasteiger partial charge in [0.2, 0.25) is 11.2 Å². The third-order valence-corrected chi connectivity index (χ3v) is 3.58. The smallest absolute Gasteiger partial charge is 0.256 e. The zero-order valence-corrected chi connectivity index (χ0v) is 12.7. The van der Waals surface area contributed by atoms with Gasteiger partial charge in [0.25, 0.3) is 5.95 Å². The van der Waals surface area contributed by atoms with E-state index < -0.39 is 0 Å². The van der Waals surface area contributed by atoms with Gasteiger partial charge in [-0.05, 0) is 50.5 Å². The Morgan fingerprint density at radius 1 is 1.29 bits per heavy atom. The van der Waals surface area contributed by atoms with E-state index in [-0.39, 0.29) is 11.3 Å². The molecule has 0 bridgehead atoms. The Morgan fingerprint density at radius 3 is 2.81 bits per heavy atom. The van der Waals surface area contributed by atoms with Gasteiger partial charge in [-0.15, -0.1) is 0 Å². The molecule has 1 atom stereocenters. The molecule has 112 valence electrons. The van der Waals surface area contributed by atoms with Crippen molar-refractivity contribution in [3.05, 3.63) is 23.7 Å². The molecule has 1 N–H and O–H groups in total. The zero-order chi connectivity index (χ0) is 14.7. The van der Waals surface area contributed by atoms with Crippen LogP contribution in [0.3, 0.4) is 0 Å². The Morgan fingerprint density at radius 2 is 2.10 bits per heavy atom. The molecule has 3 rings (SSSR count). The van der Waals surface area contributed by atoms with Gasteiger partial charge in [0.05, 0.1) is 0 Å². The average Bonchev–Trinajstić information content (AvgIpc) is 3.10. The van der Waals surface area contributed by atoms with Gasteiger partial charge in [-0.2, -0.15) is 20.1 Å². The normalized spacial score (nSPS) is 17.0. The molecule has 7 nitrogen and oxygen atoms in total. The summed E-state index contributed by atoms with van der Waals surface area (Å²) in [5, 5.41) is 7.54. The third kappa shape index (κ3) is 3.68. The third-order valence-electron chi connectivity index (χ3n) is 3.41. The summed E-state index contributed by atoms with van der Waals surface area (Å²) in [6.07, 6.45) is 6.01. The van der Waals surface area contributed by atoms with Crippen LogP contribution in [0.2, 0.25) is 5.28 Å². The van der Waals surface area contributed by atoms with Gasteiger partial charge < -0.3 is 10.2 Å². The fourth-order valence-electron chi connectivity index (χ4n) is 2.51. The van der Waals surface area contributed by atoms with Gasteiger partial charge >= 0.3 is 0 Å². The highest BCUT2D eigenvalue weighted by molar-refractivity contribution is 6.28. The minimum absolute atomic E-state index is 0.159. The monoisotopic (exact) mass is 307 g/mol. The standard InChI is InChI=1S/C13H18ClN7/c1-10(9-20-6-2-3-7-20)16-12-17-11(14)18-13(19-12)21-8-4-5-15-21/h4-5,8,10H,2-3,6-7,9H2,1H3,(H,16,17,18,19). The van der Waals surface area contributed by atoms with E-state index in [1.165, 1.54) is 25.9 Å². The van der Waals surface area contributed by atoms with E-state index in [2.05, 4.69) is 37.2 Å². The minimum atomic E-state index is 0.159. The summed E-state index contributed by atoms with van der Waals surface area (Å²) >= 11 is 5.97. The number of hydrogen-bond donors (Lipinski definition) is 1. The number of likely N-dealkylation sites (tertiary alicyclic amines) is 1. The molecule has 3 heterocycles. The second kappa shape index (κ2) is 6.36. The lowest BCUT2D eigenvalue weighted by Gasteiger charge is -2.21. The summed E-state index contributed by atoms with van der Waals surface area (Å²) in [5.41, 5.74) is 0. The molecule has 0 amide bonds. The van der Waals surface area contributed by atoms with Gasteiger partial charge in [0.1, 0.15) is 0 Å². The Hall–Kier alpha value is -1.73. The molecule has 8 heteroatoms. The maximum atomic E-state index is 5.97. The molecular weight excluding hydrogens is 290 g/mol.